The maximum atomic E-state index is 12.0. The second-order valence-corrected chi connectivity index (χ2v) is 4.02. The number of hydrogen-bond acceptors (Lipinski definition) is 1. The van der Waals surface area contributed by atoms with E-state index in [9.17, 15) is 13.2 Å². The molecule has 1 rings (SSSR count). The Kier molecular flexibility index (Phi) is 4.64. The Morgan fingerprint density at radius 1 is 1.27 bits per heavy atom. The minimum Gasteiger partial charge on any atom is -0.303 e. The summed E-state index contributed by atoms with van der Waals surface area (Å²) in [5.41, 5.74) is 0.972. The van der Waals surface area contributed by atoms with Crippen molar-refractivity contribution in [3.05, 3.63) is 11.6 Å². The topological polar surface area (TPSA) is 3.24 Å². The van der Waals surface area contributed by atoms with E-state index in [2.05, 4.69) is 11.8 Å². The fraction of sp³-hybridized carbons (Fsp3) is 0.818. The van der Waals surface area contributed by atoms with Gasteiger partial charge in [0.1, 0.15) is 0 Å². The third kappa shape index (κ3) is 5.21. The highest BCUT2D eigenvalue weighted by atomic mass is 19.4. The van der Waals surface area contributed by atoms with Crippen LogP contribution in [0, 0.1) is 0 Å². The van der Waals surface area contributed by atoms with Crippen molar-refractivity contribution in [3.63, 3.8) is 0 Å². The average Bonchev–Trinajstić information content (AvgIpc) is 2.16. The number of allylic oxidation sites excluding steroid dienone is 1. The van der Waals surface area contributed by atoms with Gasteiger partial charge in [0.25, 0.3) is 0 Å². The summed E-state index contributed by atoms with van der Waals surface area (Å²) in [6, 6.07) is 0. The minimum absolute atomic E-state index is 0.768. The number of alkyl halides is 3. The summed E-state index contributed by atoms with van der Waals surface area (Å²) in [7, 11) is 0. The number of piperidine rings is 1. The van der Waals surface area contributed by atoms with E-state index in [1.807, 2.05) is 0 Å². The largest absolute Gasteiger partial charge is 0.392 e. The molecule has 0 radical (unpaired) electrons. The van der Waals surface area contributed by atoms with Gasteiger partial charge in [0.2, 0.25) is 0 Å². The molecular formula is C11H18F3N. The predicted octanol–water partition coefficient (Wildman–Crippen LogP) is 3.37. The molecule has 0 aromatic heterocycles. The van der Waals surface area contributed by atoms with Crippen LogP contribution in [0.1, 0.15) is 32.6 Å². The molecule has 0 N–H and O–H groups in total. The number of halogens is 3. The summed E-state index contributed by atoms with van der Waals surface area (Å²) in [4.78, 5) is 2.31. The second kappa shape index (κ2) is 5.54. The molecule has 0 aromatic carbocycles. The van der Waals surface area contributed by atoms with E-state index in [1.165, 1.54) is 6.08 Å². The summed E-state index contributed by atoms with van der Waals surface area (Å²) in [6.07, 6.45) is -0.735. The summed E-state index contributed by atoms with van der Waals surface area (Å²) in [5, 5.41) is 0. The van der Waals surface area contributed by atoms with Crippen LogP contribution in [0.2, 0.25) is 0 Å². The summed E-state index contributed by atoms with van der Waals surface area (Å²) < 4.78 is 35.9. The number of likely N-dealkylation sites (tertiary alicyclic amines) is 1. The third-order valence-corrected chi connectivity index (χ3v) is 2.66. The Morgan fingerprint density at radius 3 is 2.33 bits per heavy atom. The molecule has 1 heterocycles. The number of rotatable bonds is 3. The molecule has 1 fully saturated rings. The Labute approximate surface area is 88.9 Å². The Hall–Kier alpha value is -0.510. The highest BCUT2D eigenvalue weighted by molar-refractivity contribution is 5.06. The van der Waals surface area contributed by atoms with Crippen LogP contribution in [-0.4, -0.2) is 30.7 Å². The first-order valence-corrected chi connectivity index (χ1v) is 5.48. The van der Waals surface area contributed by atoms with Gasteiger partial charge in [-0.05, 0) is 25.8 Å². The van der Waals surface area contributed by atoms with Gasteiger partial charge in [-0.2, -0.15) is 13.2 Å². The van der Waals surface area contributed by atoms with E-state index in [0.717, 1.165) is 44.5 Å². The molecule has 1 aliphatic heterocycles. The van der Waals surface area contributed by atoms with Gasteiger partial charge in [-0.1, -0.05) is 18.6 Å². The lowest BCUT2D eigenvalue weighted by Gasteiger charge is -2.27. The van der Waals surface area contributed by atoms with E-state index in [4.69, 9.17) is 0 Å². The normalized spacial score (nSPS) is 19.3. The van der Waals surface area contributed by atoms with Crippen LogP contribution in [0.15, 0.2) is 11.6 Å². The third-order valence-electron chi connectivity index (χ3n) is 2.66. The van der Waals surface area contributed by atoms with Crippen LogP contribution in [0.25, 0.3) is 0 Å². The first-order valence-electron chi connectivity index (χ1n) is 5.48. The molecule has 0 unspecified atom stereocenters. The van der Waals surface area contributed by atoms with Gasteiger partial charge in [-0.3, -0.25) is 0 Å². The number of hydrogen-bond donors (Lipinski definition) is 0. The monoisotopic (exact) mass is 221 g/mol. The molecule has 0 atom stereocenters. The van der Waals surface area contributed by atoms with Gasteiger partial charge in [0.15, 0.2) is 0 Å². The van der Waals surface area contributed by atoms with Gasteiger partial charge < -0.3 is 4.90 Å². The van der Waals surface area contributed by atoms with Crippen molar-refractivity contribution in [2.45, 2.75) is 38.8 Å². The molecule has 15 heavy (non-hydrogen) atoms. The molecule has 88 valence electrons. The maximum absolute atomic E-state index is 12.0. The predicted molar refractivity (Wildman–Crippen MR) is 54.7 cm³/mol. The zero-order valence-electron chi connectivity index (χ0n) is 9.11. The van der Waals surface area contributed by atoms with Gasteiger partial charge in [-0.15, -0.1) is 0 Å². The van der Waals surface area contributed by atoms with Crippen LogP contribution in [-0.2, 0) is 0 Å². The zero-order chi connectivity index (χ0) is 11.3. The van der Waals surface area contributed by atoms with Crippen molar-refractivity contribution in [2.75, 3.05) is 19.6 Å². The van der Waals surface area contributed by atoms with Crippen molar-refractivity contribution in [3.8, 4) is 0 Å². The molecule has 0 amide bonds. The molecule has 0 bridgehead atoms. The minimum atomic E-state index is -4.05. The first-order chi connectivity index (χ1) is 7.01. The Morgan fingerprint density at radius 2 is 1.87 bits per heavy atom. The summed E-state index contributed by atoms with van der Waals surface area (Å²) in [6.45, 7) is 5.01. The lowest BCUT2D eigenvalue weighted by Crippen LogP contribution is -2.31. The molecule has 0 saturated carbocycles. The van der Waals surface area contributed by atoms with Crippen molar-refractivity contribution in [1.29, 1.82) is 0 Å². The molecule has 0 aliphatic carbocycles. The van der Waals surface area contributed by atoms with E-state index in [-0.39, 0.29) is 0 Å². The summed E-state index contributed by atoms with van der Waals surface area (Å²) >= 11 is 0. The van der Waals surface area contributed by atoms with Gasteiger partial charge in [0.05, 0.1) is 6.42 Å². The fourth-order valence-electron chi connectivity index (χ4n) is 1.84. The van der Waals surface area contributed by atoms with E-state index < -0.39 is 12.6 Å². The Balaban J connectivity index is 2.30. The lowest BCUT2D eigenvalue weighted by molar-refractivity contribution is -0.125. The highest BCUT2D eigenvalue weighted by Gasteiger charge is 2.25. The van der Waals surface area contributed by atoms with Gasteiger partial charge in [-0.25, -0.2) is 0 Å². The van der Waals surface area contributed by atoms with E-state index in [0.29, 0.717) is 0 Å². The molecule has 4 heteroatoms. The molecule has 1 saturated heterocycles. The second-order valence-electron chi connectivity index (χ2n) is 4.02. The standard InChI is InChI=1S/C11H18F3N/c1-2-7-15-8-4-10(5-9-15)3-6-11(12,13)14/h3H,2,4-9H2,1H3. The fourth-order valence-corrected chi connectivity index (χ4v) is 1.84. The Bertz CT molecular complexity index is 210. The van der Waals surface area contributed by atoms with Gasteiger partial charge in [0, 0.05) is 13.1 Å². The van der Waals surface area contributed by atoms with Crippen molar-refractivity contribution >= 4 is 0 Å². The quantitative estimate of drug-likeness (QED) is 0.660. The average molecular weight is 221 g/mol. The molecular weight excluding hydrogens is 203 g/mol. The molecule has 1 nitrogen and oxygen atoms in total. The smallest absolute Gasteiger partial charge is 0.303 e. The molecule has 1 aliphatic rings. The van der Waals surface area contributed by atoms with Crippen molar-refractivity contribution in [2.24, 2.45) is 0 Å². The van der Waals surface area contributed by atoms with E-state index in [1.54, 1.807) is 0 Å². The van der Waals surface area contributed by atoms with Crippen molar-refractivity contribution < 1.29 is 13.2 Å². The first kappa shape index (κ1) is 12.6. The lowest BCUT2D eigenvalue weighted by atomic mass is 10.0. The molecule has 0 aromatic rings. The van der Waals surface area contributed by atoms with Gasteiger partial charge >= 0.3 is 6.18 Å². The van der Waals surface area contributed by atoms with Crippen LogP contribution >= 0.6 is 0 Å². The molecule has 0 spiro atoms. The van der Waals surface area contributed by atoms with Crippen LogP contribution < -0.4 is 0 Å². The summed E-state index contributed by atoms with van der Waals surface area (Å²) in [5.74, 6) is 0. The zero-order valence-corrected chi connectivity index (χ0v) is 9.11. The van der Waals surface area contributed by atoms with E-state index >= 15 is 0 Å². The maximum Gasteiger partial charge on any atom is 0.392 e. The van der Waals surface area contributed by atoms with Crippen LogP contribution in [0.4, 0.5) is 13.2 Å². The number of nitrogens with zero attached hydrogens (tertiary/aromatic N) is 1. The van der Waals surface area contributed by atoms with Crippen molar-refractivity contribution in [1.82, 2.24) is 4.90 Å². The SMILES string of the molecule is CCCN1CCC(=CCC(F)(F)F)CC1. The van der Waals surface area contributed by atoms with Crippen LogP contribution in [0.5, 0.6) is 0 Å². The van der Waals surface area contributed by atoms with Crippen LogP contribution in [0.3, 0.4) is 0 Å². The highest BCUT2D eigenvalue weighted by Crippen LogP contribution is 2.24.